The highest BCUT2D eigenvalue weighted by Gasteiger charge is 2.42. The van der Waals surface area contributed by atoms with Crippen LogP contribution in [0.3, 0.4) is 0 Å². The number of amides is 1. The molecule has 1 saturated heterocycles. The van der Waals surface area contributed by atoms with Gasteiger partial charge in [-0.25, -0.2) is 0 Å². The van der Waals surface area contributed by atoms with Gasteiger partial charge in [-0.1, -0.05) is 48.5 Å². The zero-order valence-electron chi connectivity index (χ0n) is 16.0. The first-order valence-corrected chi connectivity index (χ1v) is 10.0. The Morgan fingerprint density at radius 2 is 1.89 bits per heavy atom. The predicted molar refractivity (Wildman–Crippen MR) is 106 cm³/mol. The van der Waals surface area contributed by atoms with E-state index in [1.54, 1.807) is 0 Å². The van der Waals surface area contributed by atoms with Crippen LogP contribution in [0.4, 0.5) is 0 Å². The molecule has 1 heterocycles. The molecule has 5 heteroatoms. The van der Waals surface area contributed by atoms with Crippen molar-refractivity contribution in [3.8, 4) is 5.75 Å². The molecular formula is C23H27NO4. The molecule has 1 aliphatic carbocycles. The SMILES string of the molecule is O=C(Cc1ccccc1OCc1ccccc1)N1CCO[C@H]2C[C@H](CO)C[C@@H]21. The summed E-state index contributed by atoms with van der Waals surface area (Å²) in [6.07, 6.45) is 2.03. The Bertz CT molecular complexity index is 794. The van der Waals surface area contributed by atoms with Crippen molar-refractivity contribution in [2.45, 2.75) is 38.0 Å². The number of benzene rings is 2. The summed E-state index contributed by atoms with van der Waals surface area (Å²) in [5.74, 6) is 1.08. The summed E-state index contributed by atoms with van der Waals surface area (Å²) in [5.41, 5.74) is 2.00. The first-order valence-electron chi connectivity index (χ1n) is 10.0. The fourth-order valence-electron chi connectivity index (χ4n) is 4.30. The van der Waals surface area contributed by atoms with Gasteiger partial charge >= 0.3 is 0 Å². The minimum absolute atomic E-state index is 0.0550. The summed E-state index contributed by atoms with van der Waals surface area (Å²) >= 11 is 0. The number of para-hydroxylation sites is 1. The van der Waals surface area contributed by atoms with E-state index in [9.17, 15) is 9.90 Å². The summed E-state index contributed by atoms with van der Waals surface area (Å²) in [6.45, 7) is 1.82. The number of ether oxygens (including phenoxy) is 2. The minimum Gasteiger partial charge on any atom is -0.489 e. The van der Waals surface area contributed by atoms with Gasteiger partial charge in [0.1, 0.15) is 12.4 Å². The maximum atomic E-state index is 13.1. The number of carbonyl (C=O) groups excluding carboxylic acids is 1. The van der Waals surface area contributed by atoms with Crippen LogP contribution >= 0.6 is 0 Å². The molecule has 1 N–H and O–H groups in total. The van der Waals surface area contributed by atoms with Crippen LogP contribution in [-0.4, -0.2) is 47.8 Å². The van der Waals surface area contributed by atoms with E-state index in [0.717, 1.165) is 29.7 Å². The Morgan fingerprint density at radius 1 is 1.11 bits per heavy atom. The van der Waals surface area contributed by atoms with Gasteiger partial charge in [0.2, 0.25) is 5.91 Å². The van der Waals surface area contributed by atoms with Crippen molar-refractivity contribution < 1.29 is 19.4 Å². The third kappa shape index (κ3) is 4.21. The Kier molecular flexibility index (Phi) is 5.93. The third-order valence-corrected chi connectivity index (χ3v) is 5.76. The second-order valence-electron chi connectivity index (χ2n) is 7.64. The number of carbonyl (C=O) groups is 1. The van der Waals surface area contributed by atoms with Gasteiger partial charge in [0.15, 0.2) is 0 Å². The van der Waals surface area contributed by atoms with E-state index in [-0.39, 0.29) is 30.6 Å². The number of rotatable bonds is 6. The van der Waals surface area contributed by atoms with Gasteiger partial charge < -0.3 is 19.5 Å². The molecule has 0 spiro atoms. The number of hydrogen-bond donors (Lipinski definition) is 1. The zero-order valence-corrected chi connectivity index (χ0v) is 16.0. The summed E-state index contributed by atoms with van der Waals surface area (Å²) in [4.78, 5) is 15.0. The summed E-state index contributed by atoms with van der Waals surface area (Å²) in [6, 6.07) is 17.9. The number of hydrogen-bond acceptors (Lipinski definition) is 4. The monoisotopic (exact) mass is 381 g/mol. The summed E-state index contributed by atoms with van der Waals surface area (Å²) < 4.78 is 11.9. The van der Waals surface area contributed by atoms with Crippen LogP contribution in [0, 0.1) is 5.92 Å². The van der Waals surface area contributed by atoms with Crippen molar-refractivity contribution >= 4 is 5.91 Å². The smallest absolute Gasteiger partial charge is 0.227 e. The van der Waals surface area contributed by atoms with Crippen LogP contribution in [-0.2, 0) is 22.6 Å². The van der Waals surface area contributed by atoms with Gasteiger partial charge in [-0.05, 0) is 30.4 Å². The van der Waals surface area contributed by atoms with Crippen molar-refractivity contribution in [1.29, 1.82) is 0 Å². The van der Waals surface area contributed by atoms with Crippen molar-refractivity contribution in [3.05, 3.63) is 65.7 Å². The van der Waals surface area contributed by atoms with Gasteiger partial charge in [-0.2, -0.15) is 0 Å². The fraction of sp³-hybridized carbons (Fsp3) is 0.435. The van der Waals surface area contributed by atoms with Gasteiger partial charge in [-0.3, -0.25) is 4.79 Å². The van der Waals surface area contributed by atoms with E-state index in [2.05, 4.69) is 0 Å². The number of aliphatic hydroxyl groups excluding tert-OH is 1. The quantitative estimate of drug-likeness (QED) is 0.836. The van der Waals surface area contributed by atoms with Crippen LogP contribution in [0.25, 0.3) is 0 Å². The lowest BCUT2D eigenvalue weighted by Gasteiger charge is -2.37. The molecular weight excluding hydrogens is 354 g/mol. The van der Waals surface area contributed by atoms with E-state index in [1.807, 2.05) is 59.5 Å². The van der Waals surface area contributed by atoms with Crippen LogP contribution in [0.5, 0.6) is 5.75 Å². The molecule has 2 aromatic carbocycles. The third-order valence-electron chi connectivity index (χ3n) is 5.76. The highest BCUT2D eigenvalue weighted by atomic mass is 16.5. The van der Waals surface area contributed by atoms with Crippen molar-refractivity contribution in [2.75, 3.05) is 19.8 Å². The Morgan fingerprint density at radius 3 is 2.71 bits per heavy atom. The molecule has 2 aliphatic rings. The van der Waals surface area contributed by atoms with Crippen molar-refractivity contribution in [2.24, 2.45) is 5.92 Å². The molecule has 3 atom stereocenters. The lowest BCUT2D eigenvalue weighted by Crippen LogP contribution is -2.51. The molecule has 0 bridgehead atoms. The molecule has 0 unspecified atom stereocenters. The number of aliphatic hydroxyl groups is 1. The molecule has 1 saturated carbocycles. The highest BCUT2D eigenvalue weighted by molar-refractivity contribution is 5.80. The van der Waals surface area contributed by atoms with Crippen molar-refractivity contribution in [1.82, 2.24) is 4.90 Å². The molecule has 2 fully saturated rings. The molecule has 28 heavy (non-hydrogen) atoms. The maximum absolute atomic E-state index is 13.1. The van der Waals surface area contributed by atoms with Crippen LogP contribution in [0.1, 0.15) is 24.0 Å². The highest BCUT2D eigenvalue weighted by Crippen LogP contribution is 2.34. The molecule has 1 aliphatic heterocycles. The van der Waals surface area contributed by atoms with Gasteiger partial charge in [-0.15, -0.1) is 0 Å². The Labute approximate surface area is 165 Å². The van der Waals surface area contributed by atoms with Crippen LogP contribution in [0.15, 0.2) is 54.6 Å². The molecule has 0 radical (unpaired) electrons. The second kappa shape index (κ2) is 8.76. The average molecular weight is 381 g/mol. The first-order chi connectivity index (χ1) is 13.7. The molecule has 0 aromatic heterocycles. The minimum atomic E-state index is 0.0550. The molecule has 2 aromatic rings. The normalized spacial score (nSPS) is 24.0. The largest absolute Gasteiger partial charge is 0.489 e. The summed E-state index contributed by atoms with van der Waals surface area (Å²) in [7, 11) is 0. The molecule has 5 nitrogen and oxygen atoms in total. The van der Waals surface area contributed by atoms with E-state index < -0.39 is 0 Å². The topological polar surface area (TPSA) is 59.0 Å². The number of nitrogens with zero attached hydrogens (tertiary/aromatic N) is 1. The zero-order chi connectivity index (χ0) is 19.3. The molecule has 1 amide bonds. The van der Waals surface area contributed by atoms with Gasteiger partial charge in [0.25, 0.3) is 0 Å². The molecule has 4 rings (SSSR count). The standard InChI is InChI=1S/C23H27NO4/c25-15-18-12-20-22(13-18)27-11-10-24(20)23(26)14-19-8-4-5-9-21(19)28-16-17-6-2-1-3-7-17/h1-9,18,20,22,25H,10-16H2/t18-,20+,22+/m1/s1. The fourth-order valence-corrected chi connectivity index (χ4v) is 4.30. The van der Waals surface area contributed by atoms with E-state index in [4.69, 9.17) is 9.47 Å². The second-order valence-corrected chi connectivity index (χ2v) is 7.64. The van der Waals surface area contributed by atoms with E-state index in [0.29, 0.717) is 26.2 Å². The van der Waals surface area contributed by atoms with E-state index >= 15 is 0 Å². The first kappa shape index (κ1) is 19.0. The van der Waals surface area contributed by atoms with E-state index in [1.165, 1.54) is 0 Å². The lowest BCUT2D eigenvalue weighted by atomic mass is 10.1. The average Bonchev–Trinajstić information content (AvgIpc) is 3.17. The number of morpholine rings is 1. The molecule has 148 valence electrons. The summed E-state index contributed by atoms with van der Waals surface area (Å²) in [5, 5.41) is 9.49. The maximum Gasteiger partial charge on any atom is 0.227 e. The Balaban J connectivity index is 1.43. The van der Waals surface area contributed by atoms with Gasteiger partial charge in [0, 0.05) is 18.7 Å². The van der Waals surface area contributed by atoms with Crippen LogP contribution < -0.4 is 4.74 Å². The number of fused-ring (bicyclic) bond motifs is 1. The predicted octanol–water partition coefficient (Wildman–Crippen LogP) is 2.81. The lowest BCUT2D eigenvalue weighted by molar-refractivity contribution is -0.143. The Hall–Kier alpha value is -2.37. The van der Waals surface area contributed by atoms with Gasteiger partial charge in [0.05, 0.1) is 25.2 Å². The van der Waals surface area contributed by atoms with Crippen molar-refractivity contribution in [3.63, 3.8) is 0 Å². The van der Waals surface area contributed by atoms with Crippen LogP contribution in [0.2, 0.25) is 0 Å².